The zero-order valence-corrected chi connectivity index (χ0v) is 11.2. The number of nitrogens with one attached hydrogen (secondary N) is 1. The summed E-state index contributed by atoms with van der Waals surface area (Å²) in [7, 11) is -3.41. The maximum Gasteiger partial charge on any atom is 0.216 e. The van der Waals surface area contributed by atoms with Crippen LogP contribution in [0.15, 0.2) is 30.3 Å². The molecule has 1 aromatic carbocycles. The van der Waals surface area contributed by atoms with E-state index in [4.69, 9.17) is 0 Å². The van der Waals surface area contributed by atoms with Crippen molar-refractivity contribution >= 4 is 10.0 Å². The van der Waals surface area contributed by atoms with Crippen LogP contribution >= 0.6 is 0 Å². The number of rotatable bonds is 4. The second-order valence-corrected chi connectivity index (χ2v) is 7.41. The maximum atomic E-state index is 11.8. The van der Waals surface area contributed by atoms with Crippen molar-refractivity contribution in [1.29, 1.82) is 0 Å². The lowest BCUT2D eigenvalue weighted by Crippen LogP contribution is -2.41. The summed E-state index contributed by atoms with van der Waals surface area (Å²) in [6.45, 7) is 4.84. The number of hydrogen-bond donors (Lipinski definition) is 2. The van der Waals surface area contributed by atoms with Crippen molar-refractivity contribution in [3.63, 3.8) is 0 Å². The van der Waals surface area contributed by atoms with Gasteiger partial charge in [-0.1, -0.05) is 30.3 Å². The van der Waals surface area contributed by atoms with Gasteiger partial charge in [-0.25, -0.2) is 13.1 Å². The van der Waals surface area contributed by atoms with Gasteiger partial charge in [0.15, 0.2) is 0 Å². The van der Waals surface area contributed by atoms with Gasteiger partial charge in [0.05, 0.1) is 10.9 Å². The van der Waals surface area contributed by atoms with Crippen LogP contribution < -0.4 is 4.72 Å². The highest BCUT2D eigenvalue weighted by atomic mass is 32.2. The van der Waals surface area contributed by atoms with Gasteiger partial charge in [-0.15, -0.1) is 0 Å². The Bertz CT molecular complexity index is 448. The predicted molar refractivity (Wildman–Crippen MR) is 68.1 cm³/mol. The van der Waals surface area contributed by atoms with E-state index in [0.29, 0.717) is 5.56 Å². The van der Waals surface area contributed by atoms with Crippen LogP contribution in [0.5, 0.6) is 0 Å². The second-order valence-electron chi connectivity index (χ2n) is 4.89. The molecule has 96 valence electrons. The molecule has 0 aliphatic heterocycles. The lowest BCUT2D eigenvalue weighted by molar-refractivity contribution is 0.181. The molecule has 0 amide bonds. The number of benzene rings is 1. The molecule has 0 heterocycles. The quantitative estimate of drug-likeness (QED) is 0.857. The molecule has 0 saturated heterocycles. The van der Waals surface area contributed by atoms with Crippen LogP contribution in [0.2, 0.25) is 0 Å². The van der Waals surface area contributed by atoms with E-state index in [0.717, 1.165) is 0 Å². The monoisotopic (exact) mass is 257 g/mol. The van der Waals surface area contributed by atoms with Crippen molar-refractivity contribution in [3.8, 4) is 0 Å². The van der Waals surface area contributed by atoms with Crippen LogP contribution in [0.4, 0.5) is 0 Å². The second kappa shape index (κ2) is 5.16. The fourth-order valence-electron chi connectivity index (χ4n) is 1.20. The summed E-state index contributed by atoms with van der Waals surface area (Å²) >= 11 is 0. The molecular weight excluding hydrogens is 238 g/mol. The molecule has 0 radical (unpaired) electrons. The van der Waals surface area contributed by atoms with E-state index in [1.807, 2.05) is 6.07 Å². The van der Waals surface area contributed by atoms with Crippen LogP contribution in [0.3, 0.4) is 0 Å². The topological polar surface area (TPSA) is 66.4 Å². The Labute approximate surface area is 103 Å². The van der Waals surface area contributed by atoms with Gasteiger partial charge >= 0.3 is 0 Å². The molecule has 0 fully saturated rings. The van der Waals surface area contributed by atoms with Gasteiger partial charge in [-0.3, -0.25) is 0 Å². The summed E-state index contributed by atoms with van der Waals surface area (Å²) in [6, 6.07) is 8.97. The third-order valence-electron chi connectivity index (χ3n) is 2.46. The molecular formula is C12H19NO3S. The smallest absolute Gasteiger partial charge is 0.216 e. The molecule has 1 rings (SSSR count). The standard InChI is InChI=1S/C12H19NO3S/c1-12(2,3)17(15,16)13-9-11(14)10-7-5-4-6-8-10/h4-8,11,13-14H,9H2,1-3H3. The first kappa shape index (κ1) is 14.2. The van der Waals surface area contributed by atoms with Gasteiger partial charge in [0.25, 0.3) is 0 Å². The molecule has 0 spiro atoms. The zero-order chi connectivity index (χ0) is 13.1. The Kier molecular flexibility index (Phi) is 4.30. The van der Waals surface area contributed by atoms with E-state index < -0.39 is 20.9 Å². The number of sulfonamides is 1. The molecule has 2 N–H and O–H groups in total. The van der Waals surface area contributed by atoms with Crippen LogP contribution in [0.1, 0.15) is 32.4 Å². The van der Waals surface area contributed by atoms with E-state index in [-0.39, 0.29) is 6.54 Å². The third kappa shape index (κ3) is 3.80. The first-order valence-corrected chi connectivity index (χ1v) is 6.94. The fourth-order valence-corrected chi connectivity index (χ4v) is 2.01. The molecule has 0 saturated carbocycles. The lowest BCUT2D eigenvalue weighted by Gasteiger charge is -2.21. The van der Waals surface area contributed by atoms with Crippen molar-refractivity contribution < 1.29 is 13.5 Å². The van der Waals surface area contributed by atoms with Gasteiger partial charge in [-0.2, -0.15) is 0 Å². The van der Waals surface area contributed by atoms with E-state index in [9.17, 15) is 13.5 Å². The molecule has 1 atom stereocenters. The Hall–Kier alpha value is -0.910. The molecule has 5 heteroatoms. The van der Waals surface area contributed by atoms with Crippen LogP contribution in [-0.2, 0) is 10.0 Å². The summed E-state index contributed by atoms with van der Waals surface area (Å²) in [4.78, 5) is 0. The maximum absolute atomic E-state index is 11.8. The first-order chi connectivity index (χ1) is 7.74. The highest BCUT2D eigenvalue weighted by Crippen LogP contribution is 2.15. The van der Waals surface area contributed by atoms with E-state index in [1.165, 1.54) is 0 Å². The largest absolute Gasteiger partial charge is 0.387 e. The minimum atomic E-state index is -3.41. The lowest BCUT2D eigenvalue weighted by atomic mass is 10.1. The first-order valence-electron chi connectivity index (χ1n) is 5.46. The van der Waals surface area contributed by atoms with Crippen LogP contribution in [0.25, 0.3) is 0 Å². The zero-order valence-electron chi connectivity index (χ0n) is 10.3. The van der Waals surface area contributed by atoms with Gasteiger partial charge in [0.1, 0.15) is 0 Å². The summed E-state index contributed by atoms with van der Waals surface area (Å²) in [5.74, 6) is 0. The van der Waals surface area contributed by atoms with E-state index >= 15 is 0 Å². The predicted octanol–water partition coefficient (Wildman–Crippen LogP) is 1.44. The molecule has 0 bridgehead atoms. The summed E-state index contributed by atoms with van der Waals surface area (Å²) in [6.07, 6.45) is -0.826. The van der Waals surface area contributed by atoms with Crippen LogP contribution in [-0.4, -0.2) is 24.8 Å². The molecule has 17 heavy (non-hydrogen) atoms. The summed E-state index contributed by atoms with van der Waals surface area (Å²) in [5.41, 5.74) is 0.698. The SMILES string of the molecule is CC(C)(C)S(=O)(=O)NCC(O)c1ccccc1. The fraction of sp³-hybridized carbons (Fsp3) is 0.500. The molecule has 1 aromatic rings. The third-order valence-corrected chi connectivity index (χ3v) is 4.62. The number of aliphatic hydroxyl groups is 1. The van der Waals surface area contributed by atoms with Crippen molar-refractivity contribution in [3.05, 3.63) is 35.9 Å². The van der Waals surface area contributed by atoms with Gasteiger partial charge < -0.3 is 5.11 Å². The normalized spacial score (nSPS) is 14.6. The van der Waals surface area contributed by atoms with E-state index in [1.54, 1.807) is 45.0 Å². The van der Waals surface area contributed by atoms with Gasteiger partial charge in [0, 0.05) is 6.54 Å². The van der Waals surface area contributed by atoms with Crippen molar-refractivity contribution in [2.45, 2.75) is 31.6 Å². The Morgan fingerprint density at radius 1 is 1.24 bits per heavy atom. The average molecular weight is 257 g/mol. The Morgan fingerprint density at radius 3 is 2.24 bits per heavy atom. The minimum absolute atomic E-state index is 0.0103. The van der Waals surface area contributed by atoms with Crippen molar-refractivity contribution in [2.75, 3.05) is 6.54 Å². The van der Waals surface area contributed by atoms with E-state index in [2.05, 4.69) is 4.72 Å². The minimum Gasteiger partial charge on any atom is -0.387 e. The number of aliphatic hydroxyl groups excluding tert-OH is 1. The summed E-state index contributed by atoms with van der Waals surface area (Å²) in [5, 5.41) is 9.82. The molecule has 0 aliphatic rings. The van der Waals surface area contributed by atoms with Crippen molar-refractivity contribution in [2.24, 2.45) is 0 Å². The average Bonchev–Trinajstić information content (AvgIpc) is 2.25. The number of hydrogen-bond acceptors (Lipinski definition) is 3. The highest BCUT2D eigenvalue weighted by Gasteiger charge is 2.29. The van der Waals surface area contributed by atoms with Crippen molar-refractivity contribution in [1.82, 2.24) is 4.72 Å². The molecule has 4 nitrogen and oxygen atoms in total. The van der Waals surface area contributed by atoms with Crippen LogP contribution in [0, 0.1) is 0 Å². The van der Waals surface area contributed by atoms with Gasteiger partial charge in [0.2, 0.25) is 10.0 Å². The Morgan fingerprint density at radius 2 is 1.76 bits per heavy atom. The molecule has 0 aliphatic carbocycles. The highest BCUT2D eigenvalue weighted by molar-refractivity contribution is 7.90. The summed E-state index contributed by atoms with van der Waals surface area (Å²) < 4.78 is 25.1. The molecule has 1 unspecified atom stereocenters. The Balaban J connectivity index is 2.64. The molecule has 0 aromatic heterocycles. The van der Waals surface area contributed by atoms with Gasteiger partial charge in [-0.05, 0) is 26.3 Å².